The van der Waals surface area contributed by atoms with Gasteiger partial charge in [0.15, 0.2) is 0 Å². The molecule has 23 heavy (non-hydrogen) atoms. The summed E-state index contributed by atoms with van der Waals surface area (Å²) in [5.74, 6) is 0. The Morgan fingerprint density at radius 1 is 1.22 bits per heavy atom. The van der Waals surface area contributed by atoms with E-state index in [-0.39, 0.29) is 5.71 Å². The van der Waals surface area contributed by atoms with Gasteiger partial charge in [-0.2, -0.15) is 15.6 Å². The Morgan fingerprint density at radius 3 is 2.78 bits per heavy atom. The van der Waals surface area contributed by atoms with Crippen LogP contribution in [0.5, 0.6) is 0 Å². The molecule has 7 heteroatoms. The monoisotopic (exact) mass is 318 g/mol. The minimum absolute atomic E-state index is 0.221. The number of anilines is 1. The van der Waals surface area contributed by atoms with Crippen LogP contribution in [0, 0.1) is 29.6 Å². The fourth-order valence-corrected chi connectivity index (χ4v) is 2.97. The molecular formula is C16H10N6S. The molecular weight excluding hydrogens is 308 g/mol. The van der Waals surface area contributed by atoms with E-state index in [2.05, 4.69) is 20.5 Å². The minimum Gasteiger partial charge on any atom is -0.276 e. The maximum atomic E-state index is 8.67. The Labute approximate surface area is 136 Å². The van der Waals surface area contributed by atoms with Gasteiger partial charge in [0, 0.05) is 18.0 Å². The standard InChI is InChI=1S/C16H10N6S/c1-10-4-11(9-19-8-10)16-20-14-3-2-12(5-15(14)23-16)21-22-13(6-17)7-18/h2-5,8-9,21H,1H3. The molecule has 1 N–H and O–H groups in total. The van der Waals surface area contributed by atoms with Gasteiger partial charge in [0.25, 0.3) is 0 Å². The van der Waals surface area contributed by atoms with Crippen LogP contribution in [-0.2, 0) is 0 Å². The predicted octanol–water partition coefficient (Wildman–Crippen LogP) is 3.48. The van der Waals surface area contributed by atoms with Gasteiger partial charge < -0.3 is 0 Å². The number of nitriles is 2. The van der Waals surface area contributed by atoms with Gasteiger partial charge in [-0.05, 0) is 36.8 Å². The maximum absolute atomic E-state index is 8.67. The summed E-state index contributed by atoms with van der Waals surface area (Å²) in [6.45, 7) is 1.99. The molecule has 0 radical (unpaired) electrons. The van der Waals surface area contributed by atoms with Crippen molar-refractivity contribution >= 4 is 33.0 Å². The fraction of sp³-hybridized carbons (Fsp3) is 0.0625. The van der Waals surface area contributed by atoms with Crippen LogP contribution in [0.15, 0.2) is 41.8 Å². The molecule has 0 aliphatic rings. The van der Waals surface area contributed by atoms with Gasteiger partial charge in [-0.1, -0.05) is 0 Å². The lowest BCUT2D eigenvalue weighted by Crippen LogP contribution is -1.95. The number of pyridine rings is 1. The van der Waals surface area contributed by atoms with Gasteiger partial charge in [-0.25, -0.2) is 4.98 Å². The van der Waals surface area contributed by atoms with Crippen molar-refractivity contribution in [2.24, 2.45) is 5.10 Å². The van der Waals surface area contributed by atoms with Crippen LogP contribution in [0.3, 0.4) is 0 Å². The second-order valence-electron chi connectivity index (χ2n) is 4.75. The van der Waals surface area contributed by atoms with Crippen molar-refractivity contribution in [2.45, 2.75) is 6.92 Å². The summed E-state index contributed by atoms with van der Waals surface area (Å²) in [5, 5.41) is 22.0. The molecule has 3 rings (SSSR count). The normalized spacial score (nSPS) is 9.87. The Hall–Kier alpha value is -3.29. The number of aryl methyl sites for hydroxylation is 1. The SMILES string of the molecule is Cc1cncc(-c2nc3ccc(NN=C(C#N)C#N)cc3s2)c1. The van der Waals surface area contributed by atoms with Crippen LogP contribution in [0.2, 0.25) is 0 Å². The summed E-state index contributed by atoms with van der Waals surface area (Å²) < 4.78 is 0.983. The van der Waals surface area contributed by atoms with Crippen molar-refractivity contribution in [3.05, 3.63) is 42.2 Å². The summed E-state index contributed by atoms with van der Waals surface area (Å²) in [6, 6.07) is 11.0. The molecule has 0 atom stereocenters. The highest BCUT2D eigenvalue weighted by atomic mass is 32.1. The third-order valence-electron chi connectivity index (χ3n) is 3.02. The second kappa shape index (κ2) is 6.22. The van der Waals surface area contributed by atoms with Gasteiger partial charge >= 0.3 is 0 Å². The number of nitrogens with zero attached hydrogens (tertiary/aromatic N) is 5. The van der Waals surface area contributed by atoms with E-state index >= 15 is 0 Å². The first-order valence-corrected chi connectivity index (χ1v) is 7.48. The highest BCUT2D eigenvalue weighted by molar-refractivity contribution is 7.21. The molecule has 0 fully saturated rings. The molecule has 2 heterocycles. The molecule has 0 spiro atoms. The van der Waals surface area contributed by atoms with Crippen LogP contribution in [-0.4, -0.2) is 15.7 Å². The van der Waals surface area contributed by atoms with Gasteiger partial charge in [0.1, 0.15) is 17.1 Å². The fourth-order valence-electron chi connectivity index (χ4n) is 1.99. The van der Waals surface area contributed by atoms with E-state index in [0.717, 1.165) is 26.4 Å². The smallest absolute Gasteiger partial charge is 0.237 e. The highest BCUT2D eigenvalue weighted by Gasteiger charge is 2.07. The van der Waals surface area contributed by atoms with Gasteiger partial charge in [-0.15, -0.1) is 11.3 Å². The first-order valence-electron chi connectivity index (χ1n) is 6.66. The number of rotatable bonds is 3. The minimum atomic E-state index is -0.221. The molecule has 0 unspecified atom stereocenters. The number of hydrogen-bond donors (Lipinski definition) is 1. The highest BCUT2D eigenvalue weighted by Crippen LogP contribution is 2.31. The van der Waals surface area contributed by atoms with Gasteiger partial charge in [0.2, 0.25) is 5.71 Å². The van der Waals surface area contributed by atoms with Crippen molar-refractivity contribution in [1.29, 1.82) is 10.5 Å². The zero-order valence-corrected chi connectivity index (χ0v) is 12.9. The third kappa shape index (κ3) is 3.15. The summed E-state index contributed by atoms with van der Waals surface area (Å²) in [5.41, 5.74) is 6.12. The summed E-state index contributed by atoms with van der Waals surface area (Å²) in [6.07, 6.45) is 3.60. The molecule has 3 aromatic rings. The molecule has 0 bridgehead atoms. The Morgan fingerprint density at radius 2 is 2.04 bits per heavy atom. The van der Waals surface area contributed by atoms with E-state index < -0.39 is 0 Å². The van der Waals surface area contributed by atoms with E-state index in [0.29, 0.717) is 5.69 Å². The lowest BCUT2D eigenvalue weighted by Gasteiger charge is -1.98. The van der Waals surface area contributed by atoms with Crippen molar-refractivity contribution < 1.29 is 0 Å². The molecule has 1 aromatic carbocycles. The average molecular weight is 318 g/mol. The van der Waals surface area contributed by atoms with Crippen molar-refractivity contribution in [3.8, 4) is 22.7 Å². The lowest BCUT2D eigenvalue weighted by atomic mass is 10.2. The Balaban J connectivity index is 1.94. The predicted molar refractivity (Wildman–Crippen MR) is 89.9 cm³/mol. The molecule has 0 amide bonds. The van der Waals surface area contributed by atoms with E-state index in [9.17, 15) is 0 Å². The second-order valence-corrected chi connectivity index (χ2v) is 5.78. The van der Waals surface area contributed by atoms with Gasteiger partial charge in [-0.3, -0.25) is 10.4 Å². The number of nitrogens with one attached hydrogen (secondary N) is 1. The molecule has 2 aromatic heterocycles. The molecule has 0 saturated heterocycles. The van der Waals surface area contributed by atoms with E-state index in [4.69, 9.17) is 10.5 Å². The largest absolute Gasteiger partial charge is 0.276 e. The molecule has 0 aliphatic carbocycles. The Kier molecular flexibility index (Phi) is 3.96. The van der Waals surface area contributed by atoms with Gasteiger partial charge in [0.05, 0.1) is 15.9 Å². The van der Waals surface area contributed by atoms with E-state index in [1.807, 2.05) is 25.1 Å². The molecule has 6 nitrogen and oxygen atoms in total. The number of thiazole rings is 1. The quantitative estimate of drug-likeness (QED) is 0.589. The summed E-state index contributed by atoms with van der Waals surface area (Å²) >= 11 is 1.55. The molecule has 110 valence electrons. The first-order chi connectivity index (χ1) is 11.2. The number of hydrogen-bond acceptors (Lipinski definition) is 7. The van der Waals surface area contributed by atoms with Crippen molar-refractivity contribution in [3.63, 3.8) is 0 Å². The maximum Gasteiger partial charge on any atom is 0.237 e. The first kappa shape index (κ1) is 14.6. The lowest BCUT2D eigenvalue weighted by molar-refractivity contribution is 1.26. The topological polar surface area (TPSA) is 97.8 Å². The number of benzene rings is 1. The summed E-state index contributed by atoms with van der Waals surface area (Å²) in [7, 11) is 0. The van der Waals surface area contributed by atoms with Crippen LogP contribution in [0.4, 0.5) is 5.69 Å². The van der Waals surface area contributed by atoms with Crippen LogP contribution >= 0.6 is 11.3 Å². The summed E-state index contributed by atoms with van der Waals surface area (Å²) in [4.78, 5) is 8.79. The number of aromatic nitrogens is 2. The Bertz CT molecular complexity index is 974. The van der Waals surface area contributed by atoms with Crippen LogP contribution in [0.25, 0.3) is 20.8 Å². The average Bonchev–Trinajstić information content (AvgIpc) is 2.99. The van der Waals surface area contributed by atoms with Crippen molar-refractivity contribution in [1.82, 2.24) is 9.97 Å². The van der Waals surface area contributed by atoms with Crippen LogP contribution in [0.1, 0.15) is 5.56 Å². The number of fused-ring (bicyclic) bond motifs is 1. The molecule has 0 aliphatic heterocycles. The zero-order valence-electron chi connectivity index (χ0n) is 12.1. The van der Waals surface area contributed by atoms with Crippen LogP contribution < -0.4 is 5.43 Å². The van der Waals surface area contributed by atoms with Crippen molar-refractivity contribution in [2.75, 3.05) is 5.43 Å². The third-order valence-corrected chi connectivity index (χ3v) is 4.09. The molecule has 0 saturated carbocycles. The van der Waals surface area contributed by atoms with E-state index in [1.54, 1.807) is 41.9 Å². The zero-order chi connectivity index (χ0) is 16.2. The van der Waals surface area contributed by atoms with E-state index in [1.165, 1.54) is 0 Å². The number of hydrazone groups is 1.